The van der Waals surface area contributed by atoms with E-state index in [0.29, 0.717) is 19.4 Å². The Balaban J connectivity index is 2.16. The van der Waals surface area contributed by atoms with Crippen molar-refractivity contribution < 1.29 is 9.59 Å². The van der Waals surface area contributed by atoms with Gasteiger partial charge in [-0.3, -0.25) is 4.79 Å². The number of carbonyl (C=O) groups excluding carboxylic acids is 2. The molecule has 0 bridgehead atoms. The predicted octanol–water partition coefficient (Wildman–Crippen LogP) is 4.91. The fourth-order valence-electron chi connectivity index (χ4n) is 3.98. The first-order valence-corrected chi connectivity index (χ1v) is 9.64. The van der Waals surface area contributed by atoms with E-state index >= 15 is 0 Å². The van der Waals surface area contributed by atoms with Gasteiger partial charge in [0.05, 0.1) is 5.69 Å². The first kappa shape index (κ1) is 19.3. The van der Waals surface area contributed by atoms with Crippen molar-refractivity contribution in [3.05, 3.63) is 65.2 Å². The SMILES string of the molecule is CC(=O)CCc1cccc2c1N(C(=O)C(C)(C)C)CC2(C)c1ccccc1. The third-order valence-corrected chi connectivity index (χ3v) is 5.50. The van der Waals surface area contributed by atoms with Crippen LogP contribution in [0.25, 0.3) is 0 Å². The lowest BCUT2D eigenvalue weighted by molar-refractivity contribution is -0.125. The van der Waals surface area contributed by atoms with E-state index < -0.39 is 5.41 Å². The molecule has 0 N–H and O–H groups in total. The minimum Gasteiger partial charge on any atom is -0.310 e. The molecule has 0 spiro atoms. The van der Waals surface area contributed by atoms with Gasteiger partial charge in [0.15, 0.2) is 0 Å². The zero-order chi connectivity index (χ0) is 19.8. The Kier molecular flexibility index (Phi) is 4.98. The second kappa shape index (κ2) is 6.95. The van der Waals surface area contributed by atoms with Crippen molar-refractivity contribution in [3.63, 3.8) is 0 Å². The topological polar surface area (TPSA) is 37.4 Å². The maximum Gasteiger partial charge on any atom is 0.232 e. The van der Waals surface area contributed by atoms with Crippen LogP contribution < -0.4 is 4.90 Å². The van der Waals surface area contributed by atoms with Gasteiger partial charge >= 0.3 is 0 Å². The predicted molar refractivity (Wildman–Crippen MR) is 110 cm³/mol. The Labute approximate surface area is 162 Å². The molecular formula is C24H29NO2. The third-order valence-electron chi connectivity index (χ3n) is 5.50. The van der Waals surface area contributed by atoms with Gasteiger partial charge < -0.3 is 9.69 Å². The lowest BCUT2D eigenvalue weighted by Gasteiger charge is -2.30. The summed E-state index contributed by atoms with van der Waals surface area (Å²) in [5.74, 6) is 0.295. The number of amides is 1. The lowest BCUT2D eigenvalue weighted by Crippen LogP contribution is -2.42. The van der Waals surface area contributed by atoms with E-state index in [1.807, 2.05) is 43.9 Å². The van der Waals surface area contributed by atoms with Crippen molar-refractivity contribution in [1.29, 1.82) is 0 Å². The van der Waals surface area contributed by atoms with E-state index in [2.05, 4.69) is 37.3 Å². The molecule has 0 saturated carbocycles. The van der Waals surface area contributed by atoms with Crippen LogP contribution in [0.4, 0.5) is 5.69 Å². The number of Topliss-reactive ketones (excluding diaryl/α,β-unsaturated/α-hetero) is 1. The number of aryl methyl sites for hydroxylation is 1. The summed E-state index contributed by atoms with van der Waals surface area (Å²) in [6.07, 6.45) is 1.16. The molecule has 1 atom stereocenters. The number of para-hydroxylation sites is 1. The van der Waals surface area contributed by atoms with E-state index in [1.165, 1.54) is 11.1 Å². The minimum atomic E-state index is -0.465. The maximum atomic E-state index is 13.3. The minimum absolute atomic E-state index is 0.124. The molecule has 1 amide bonds. The molecular weight excluding hydrogens is 334 g/mol. The summed E-state index contributed by atoms with van der Waals surface area (Å²) in [7, 11) is 0. The van der Waals surface area contributed by atoms with Gasteiger partial charge in [-0.1, -0.05) is 69.3 Å². The van der Waals surface area contributed by atoms with Crippen LogP contribution in [0.3, 0.4) is 0 Å². The third kappa shape index (κ3) is 3.55. The molecule has 142 valence electrons. The molecule has 0 saturated heterocycles. The molecule has 27 heavy (non-hydrogen) atoms. The number of hydrogen-bond acceptors (Lipinski definition) is 2. The summed E-state index contributed by atoms with van der Waals surface area (Å²) in [5, 5.41) is 0. The molecule has 3 heteroatoms. The van der Waals surface area contributed by atoms with Gasteiger partial charge in [0, 0.05) is 23.8 Å². The second-order valence-corrected chi connectivity index (χ2v) is 8.85. The zero-order valence-electron chi connectivity index (χ0n) is 17.0. The molecule has 3 nitrogen and oxygen atoms in total. The molecule has 3 rings (SSSR count). The number of ketones is 1. The van der Waals surface area contributed by atoms with E-state index in [0.717, 1.165) is 11.3 Å². The van der Waals surface area contributed by atoms with Crippen LogP contribution in [-0.4, -0.2) is 18.2 Å². The Morgan fingerprint density at radius 3 is 2.30 bits per heavy atom. The Morgan fingerprint density at radius 2 is 1.70 bits per heavy atom. The van der Waals surface area contributed by atoms with Crippen molar-refractivity contribution in [2.24, 2.45) is 5.41 Å². The number of benzene rings is 2. The number of anilines is 1. The molecule has 1 aliphatic rings. The Bertz CT molecular complexity index is 864. The van der Waals surface area contributed by atoms with Gasteiger partial charge in [0.1, 0.15) is 5.78 Å². The van der Waals surface area contributed by atoms with Crippen LogP contribution in [0.15, 0.2) is 48.5 Å². The zero-order valence-corrected chi connectivity index (χ0v) is 17.0. The van der Waals surface area contributed by atoms with E-state index in [1.54, 1.807) is 6.92 Å². The van der Waals surface area contributed by atoms with Crippen molar-refractivity contribution in [2.75, 3.05) is 11.4 Å². The van der Waals surface area contributed by atoms with Crippen molar-refractivity contribution >= 4 is 17.4 Å². The first-order valence-electron chi connectivity index (χ1n) is 9.64. The van der Waals surface area contributed by atoms with Gasteiger partial charge in [0.25, 0.3) is 0 Å². The highest BCUT2D eigenvalue weighted by Gasteiger charge is 2.45. The summed E-state index contributed by atoms with van der Waals surface area (Å²) in [6, 6.07) is 16.6. The summed E-state index contributed by atoms with van der Waals surface area (Å²) < 4.78 is 0. The van der Waals surface area contributed by atoms with Crippen molar-refractivity contribution in [3.8, 4) is 0 Å². The Morgan fingerprint density at radius 1 is 1.04 bits per heavy atom. The number of carbonyl (C=O) groups is 2. The smallest absolute Gasteiger partial charge is 0.232 e. The molecule has 2 aromatic rings. The standard InChI is InChI=1S/C24H29NO2/c1-17(26)14-15-18-10-9-13-20-21(18)25(22(27)23(2,3)4)16-24(20,5)19-11-7-6-8-12-19/h6-13H,14-16H2,1-5H3. The second-order valence-electron chi connectivity index (χ2n) is 8.85. The van der Waals surface area contributed by atoms with Crippen LogP contribution >= 0.6 is 0 Å². The molecule has 1 unspecified atom stereocenters. The van der Waals surface area contributed by atoms with Crippen LogP contribution in [0.5, 0.6) is 0 Å². The average molecular weight is 364 g/mol. The number of hydrogen-bond donors (Lipinski definition) is 0. The van der Waals surface area contributed by atoms with Gasteiger partial charge in [-0.25, -0.2) is 0 Å². The fraction of sp³-hybridized carbons (Fsp3) is 0.417. The van der Waals surface area contributed by atoms with Crippen LogP contribution in [-0.2, 0) is 21.4 Å². The van der Waals surface area contributed by atoms with E-state index in [-0.39, 0.29) is 17.1 Å². The Hall–Kier alpha value is -2.42. The number of nitrogens with zero attached hydrogens (tertiary/aromatic N) is 1. The summed E-state index contributed by atoms with van der Waals surface area (Å²) in [4.78, 5) is 26.8. The summed E-state index contributed by atoms with van der Waals surface area (Å²) in [5.41, 5.74) is 3.74. The van der Waals surface area contributed by atoms with Crippen LogP contribution in [0, 0.1) is 5.41 Å². The largest absolute Gasteiger partial charge is 0.310 e. The molecule has 1 aliphatic heterocycles. The molecule has 0 radical (unpaired) electrons. The normalized spacial score (nSPS) is 19.1. The maximum absolute atomic E-state index is 13.3. The van der Waals surface area contributed by atoms with Crippen LogP contribution in [0.1, 0.15) is 57.7 Å². The van der Waals surface area contributed by atoms with Crippen LogP contribution in [0.2, 0.25) is 0 Å². The monoisotopic (exact) mass is 363 g/mol. The molecule has 0 fully saturated rings. The first-order chi connectivity index (χ1) is 12.6. The molecule has 2 aromatic carbocycles. The van der Waals surface area contributed by atoms with Gasteiger partial charge in [-0.15, -0.1) is 0 Å². The molecule has 1 heterocycles. The summed E-state index contributed by atoms with van der Waals surface area (Å²) in [6.45, 7) is 10.4. The lowest BCUT2D eigenvalue weighted by atomic mass is 9.77. The fourth-order valence-corrected chi connectivity index (χ4v) is 3.98. The average Bonchev–Trinajstić information content (AvgIpc) is 2.94. The van der Waals surface area contributed by atoms with Crippen molar-refractivity contribution in [1.82, 2.24) is 0 Å². The van der Waals surface area contributed by atoms with Gasteiger partial charge in [0.2, 0.25) is 5.91 Å². The number of fused-ring (bicyclic) bond motifs is 1. The van der Waals surface area contributed by atoms with Crippen molar-refractivity contribution in [2.45, 2.75) is 52.9 Å². The number of rotatable bonds is 4. The highest BCUT2D eigenvalue weighted by atomic mass is 16.2. The molecule has 0 aliphatic carbocycles. The highest BCUT2D eigenvalue weighted by Crippen LogP contribution is 2.48. The molecule has 0 aromatic heterocycles. The quantitative estimate of drug-likeness (QED) is 0.774. The van der Waals surface area contributed by atoms with E-state index in [4.69, 9.17) is 0 Å². The van der Waals surface area contributed by atoms with Gasteiger partial charge in [-0.2, -0.15) is 0 Å². The summed E-state index contributed by atoms with van der Waals surface area (Å²) >= 11 is 0. The van der Waals surface area contributed by atoms with Gasteiger partial charge in [-0.05, 0) is 37.0 Å². The highest BCUT2D eigenvalue weighted by molar-refractivity contribution is 6.00. The van der Waals surface area contributed by atoms with E-state index in [9.17, 15) is 9.59 Å².